The molecule has 204 valence electrons. The Morgan fingerprint density at radius 3 is 2.38 bits per heavy atom. The van der Waals surface area contributed by atoms with E-state index in [1.54, 1.807) is 12.1 Å². The summed E-state index contributed by atoms with van der Waals surface area (Å²) >= 11 is 0. The number of fused-ring (bicyclic) bond motifs is 1. The zero-order valence-electron chi connectivity index (χ0n) is 21.5. The number of para-hydroxylation sites is 1. The molecule has 1 aliphatic rings. The van der Waals surface area contributed by atoms with Gasteiger partial charge in [0.1, 0.15) is 41.3 Å². The van der Waals surface area contributed by atoms with Crippen molar-refractivity contribution in [1.82, 2.24) is 24.6 Å². The molecular weight excluding hydrogens is 519 g/mol. The predicted octanol–water partition coefficient (Wildman–Crippen LogP) is 4.68. The van der Waals surface area contributed by atoms with Gasteiger partial charge in [0.05, 0.1) is 11.1 Å². The van der Waals surface area contributed by atoms with Crippen LogP contribution in [0.3, 0.4) is 0 Å². The molecule has 1 saturated heterocycles. The molecule has 1 aliphatic heterocycles. The highest BCUT2D eigenvalue weighted by atomic mass is 19.1. The van der Waals surface area contributed by atoms with Gasteiger partial charge in [0, 0.05) is 44.4 Å². The highest BCUT2D eigenvalue weighted by Crippen LogP contribution is 2.34. The maximum Gasteiger partial charge on any atom is 0.228 e. The van der Waals surface area contributed by atoms with Crippen LogP contribution in [0.1, 0.15) is 0 Å². The van der Waals surface area contributed by atoms with Crippen molar-refractivity contribution in [2.24, 2.45) is 0 Å². The molecule has 11 heteroatoms. The van der Waals surface area contributed by atoms with Crippen LogP contribution in [0.2, 0.25) is 0 Å². The van der Waals surface area contributed by atoms with Crippen LogP contribution in [0.15, 0.2) is 72.8 Å². The van der Waals surface area contributed by atoms with Gasteiger partial charge in [-0.05, 0) is 36.4 Å². The van der Waals surface area contributed by atoms with Gasteiger partial charge < -0.3 is 15.4 Å². The fourth-order valence-corrected chi connectivity index (χ4v) is 4.80. The molecule has 0 unspecified atom stereocenters. The lowest BCUT2D eigenvalue weighted by atomic mass is 10.1. The lowest BCUT2D eigenvalue weighted by molar-refractivity contribution is 0.200. The summed E-state index contributed by atoms with van der Waals surface area (Å²) < 4.78 is 49.8. The minimum atomic E-state index is -0.700. The molecule has 1 fully saturated rings. The molecule has 6 rings (SSSR count). The van der Waals surface area contributed by atoms with E-state index >= 15 is 0 Å². The summed E-state index contributed by atoms with van der Waals surface area (Å²) in [6.45, 7) is 4.17. The first-order valence-electron chi connectivity index (χ1n) is 12.9. The third-order valence-corrected chi connectivity index (χ3v) is 6.87. The van der Waals surface area contributed by atoms with Crippen LogP contribution in [0.25, 0.3) is 28.0 Å². The monoisotopic (exact) mass is 545 g/mol. The molecule has 0 amide bonds. The van der Waals surface area contributed by atoms with E-state index in [0.717, 1.165) is 48.3 Å². The van der Waals surface area contributed by atoms with Gasteiger partial charge in [0.15, 0.2) is 5.65 Å². The predicted molar refractivity (Wildman–Crippen MR) is 147 cm³/mol. The van der Waals surface area contributed by atoms with Crippen molar-refractivity contribution in [3.8, 4) is 22.7 Å². The third-order valence-electron chi connectivity index (χ3n) is 6.87. The van der Waals surface area contributed by atoms with Gasteiger partial charge in [0.2, 0.25) is 5.95 Å². The van der Waals surface area contributed by atoms with E-state index in [1.165, 1.54) is 12.1 Å². The van der Waals surface area contributed by atoms with E-state index in [1.807, 2.05) is 35.2 Å². The summed E-state index contributed by atoms with van der Waals surface area (Å²) in [4.78, 5) is 13.7. The first-order valence-corrected chi connectivity index (χ1v) is 12.9. The zero-order chi connectivity index (χ0) is 27.6. The molecule has 0 aliphatic carbocycles. The molecule has 5 aromatic rings. The lowest BCUT2D eigenvalue weighted by Crippen LogP contribution is -2.48. The van der Waals surface area contributed by atoms with Crippen molar-refractivity contribution in [1.29, 1.82) is 0 Å². The highest BCUT2D eigenvalue weighted by molar-refractivity contribution is 5.99. The van der Waals surface area contributed by atoms with E-state index in [9.17, 15) is 13.2 Å². The maximum atomic E-state index is 14.6. The van der Waals surface area contributed by atoms with Crippen LogP contribution in [0, 0.1) is 17.5 Å². The van der Waals surface area contributed by atoms with Crippen LogP contribution in [0.4, 0.5) is 24.9 Å². The van der Waals surface area contributed by atoms with Crippen LogP contribution in [-0.4, -0.2) is 64.0 Å². The second-order valence-corrected chi connectivity index (χ2v) is 9.46. The lowest BCUT2D eigenvalue weighted by Gasteiger charge is -2.34. The number of nitrogen functional groups attached to an aromatic ring is 1. The van der Waals surface area contributed by atoms with Crippen LogP contribution in [-0.2, 0) is 0 Å². The van der Waals surface area contributed by atoms with E-state index < -0.39 is 17.5 Å². The van der Waals surface area contributed by atoms with Crippen LogP contribution in [0.5, 0.6) is 5.75 Å². The standard InChI is InChI=1S/C29H26F3N7O/c30-20-6-4-5-19(17-20)26-25-27(33)39(24-18-21(31)9-10-23(24)32)36-28(25)35-29(34-26)38-13-11-37(12-14-38)15-16-40-22-7-2-1-3-8-22/h1-10,17-18H,11-16,33H2. The number of anilines is 2. The summed E-state index contributed by atoms with van der Waals surface area (Å²) in [5, 5.41) is 4.75. The maximum absolute atomic E-state index is 14.6. The Hall–Kier alpha value is -4.64. The van der Waals surface area contributed by atoms with Crippen molar-refractivity contribution >= 4 is 22.8 Å². The van der Waals surface area contributed by atoms with E-state index in [0.29, 0.717) is 42.3 Å². The molecule has 3 heterocycles. The number of hydrogen-bond donors (Lipinski definition) is 1. The molecule has 0 saturated carbocycles. The normalized spacial score (nSPS) is 14.1. The third kappa shape index (κ3) is 5.15. The van der Waals surface area contributed by atoms with Crippen molar-refractivity contribution in [2.45, 2.75) is 0 Å². The molecule has 8 nitrogen and oxygen atoms in total. The first kappa shape index (κ1) is 25.6. The number of nitrogens with two attached hydrogens (primary N) is 1. The number of benzene rings is 3. The summed E-state index contributed by atoms with van der Waals surface area (Å²) in [7, 11) is 0. The Kier molecular flexibility index (Phi) is 6.95. The quantitative estimate of drug-likeness (QED) is 0.318. The van der Waals surface area contributed by atoms with Crippen LogP contribution >= 0.6 is 0 Å². The summed E-state index contributed by atoms with van der Waals surface area (Å²) in [5.74, 6) is -0.526. The SMILES string of the molecule is Nc1c2c(-c3cccc(F)c3)nc(N3CCN(CCOc4ccccc4)CC3)nc2nn1-c1cc(F)ccc1F. The number of piperazine rings is 1. The van der Waals surface area contributed by atoms with Crippen molar-refractivity contribution in [3.05, 3.63) is 90.2 Å². The average Bonchev–Trinajstić information content (AvgIpc) is 3.30. The van der Waals surface area contributed by atoms with Gasteiger partial charge in [0.25, 0.3) is 0 Å². The summed E-state index contributed by atoms with van der Waals surface area (Å²) in [5.41, 5.74) is 7.28. The second-order valence-electron chi connectivity index (χ2n) is 9.46. The minimum absolute atomic E-state index is 0.0218. The molecule has 2 N–H and O–H groups in total. The number of aromatic nitrogens is 4. The average molecular weight is 546 g/mol. The number of rotatable bonds is 7. The molecule has 0 spiro atoms. The number of halogens is 3. The Bertz CT molecular complexity index is 1650. The van der Waals surface area contributed by atoms with Gasteiger partial charge in [-0.25, -0.2) is 22.8 Å². The van der Waals surface area contributed by atoms with Crippen LogP contribution < -0.4 is 15.4 Å². The van der Waals surface area contributed by atoms with E-state index in [2.05, 4.69) is 15.0 Å². The molecule has 40 heavy (non-hydrogen) atoms. The molecule has 2 aromatic heterocycles. The first-order chi connectivity index (χ1) is 19.5. The Balaban J connectivity index is 1.30. The van der Waals surface area contributed by atoms with Gasteiger partial charge in [-0.3, -0.25) is 4.90 Å². The highest BCUT2D eigenvalue weighted by Gasteiger charge is 2.25. The molecule has 0 radical (unpaired) electrons. The van der Waals surface area contributed by atoms with Crippen molar-refractivity contribution < 1.29 is 17.9 Å². The van der Waals surface area contributed by atoms with Gasteiger partial charge >= 0.3 is 0 Å². The van der Waals surface area contributed by atoms with Gasteiger partial charge in [-0.2, -0.15) is 4.98 Å². The Labute approximate surface area is 228 Å². The topological polar surface area (TPSA) is 85.3 Å². The number of ether oxygens (including phenoxy) is 1. The molecular formula is C29H26F3N7O. The largest absolute Gasteiger partial charge is 0.492 e. The van der Waals surface area contributed by atoms with Gasteiger partial charge in [-0.15, -0.1) is 5.10 Å². The number of nitrogens with zero attached hydrogens (tertiary/aromatic N) is 6. The fraction of sp³-hybridized carbons (Fsp3) is 0.207. The molecule has 3 aromatic carbocycles. The fourth-order valence-electron chi connectivity index (χ4n) is 4.80. The summed E-state index contributed by atoms with van der Waals surface area (Å²) in [6.07, 6.45) is 0. The Morgan fingerprint density at radius 2 is 1.60 bits per heavy atom. The zero-order valence-corrected chi connectivity index (χ0v) is 21.5. The van der Waals surface area contributed by atoms with Crippen molar-refractivity contribution in [3.63, 3.8) is 0 Å². The van der Waals surface area contributed by atoms with Gasteiger partial charge in [-0.1, -0.05) is 30.3 Å². The minimum Gasteiger partial charge on any atom is -0.492 e. The van der Waals surface area contributed by atoms with Crippen molar-refractivity contribution in [2.75, 3.05) is 50.0 Å². The summed E-state index contributed by atoms with van der Waals surface area (Å²) in [6, 6.07) is 18.7. The van der Waals surface area contributed by atoms with E-state index in [4.69, 9.17) is 15.5 Å². The Morgan fingerprint density at radius 1 is 0.825 bits per heavy atom. The van der Waals surface area contributed by atoms with E-state index in [-0.39, 0.29) is 17.2 Å². The smallest absolute Gasteiger partial charge is 0.228 e. The second kappa shape index (κ2) is 10.9. The molecule has 0 atom stereocenters. The molecule has 0 bridgehead atoms. The number of hydrogen-bond acceptors (Lipinski definition) is 7.